The van der Waals surface area contributed by atoms with E-state index in [0.29, 0.717) is 17.9 Å². The Morgan fingerprint density at radius 2 is 1.63 bits per heavy atom. The molecule has 4 atom stereocenters. The molecule has 0 saturated carbocycles. The molecule has 11 nitrogen and oxygen atoms in total. The van der Waals surface area contributed by atoms with Crippen LogP contribution in [0.4, 0.5) is 4.39 Å². The molecule has 0 N–H and O–H groups in total. The second-order valence-corrected chi connectivity index (χ2v) is 21.0. The Hall–Kier alpha value is -4.53. The molecule has 1 heterocycles. The summed E-state index contributed by atoms with van der Waals surface area (Å²) in [6, 6.07) is 20.0. The third kappa shape index (κ3) is 14.1. The van der Waals surface area contributed by atoms with Gasteiger partial charge in [0.05, 0.1) is 45.2 Å². The molecule has 0 amide bonds. The molecular formula is C44H57FO11Si. The van der Waals surface area contributed by atoms with Gasteiger partial charge in [-0.05, 0) is 87.2 Å². The van der Waals surface area contributed by atoms with Crippen molar-refractivity contribution < 1.29 is 56.6 Å². The van der Waals surface area contributed by atoms with Crippen LogP contribution in [-0.4, -0.2) is 84.9 Å². The van der Waals surface area contributed by atoms with E-state index in [1.807, 2.05) is 31.2 Å². The van der Waals surface area contributed by atoms with Gasteiger partial charge in [-0.3, -0.25) is 0 Å². The van der Waals surface area contributed by atoms with Crippen LogP contribution in [0.25, 0.3) is 6.08 Å². The monoisotopic (exact) mass is 808 g/mol. The van der Waals surface area contributed by atoms with Crippen LogP contribution in [-0.2, 0) is 35.0 Å². The predicted octanol–water partition coefficient (Wildman–Crippen LogP) is 9.18. The second-order valence-electron chi connectivity index (χ2n) is 15.4. The number of esters is 2. The van der Waals surface area contributed by atoms with Crippen molar-refractivity contribution in [3.05, 3.63) is 107 Å². The smallest absolute Gasteiger partial charge is 0.342 e. The van der Waals surface area contributed by atoms with Crippen molar-refractivity contribution in [2.24, 2.45) is 0 Å². The SMILES string of the molecule is COCOc1cc(OC)cc(/C=C/C[C@@H]2OC(C)(C)O[C@@H]2C(OC(=O)c2ccccc2)/C(F)=C\C[C@@H](C)OCc2ccc(OC)cc2)c1C(=O)OCC[Si](C)(C)C. The standard InChI is InChI=1S/C44H57FO11Si/c1-30(52-28-31-19-21-34(49-5)22-20-31)18-23-36(45)40(54-42(46)32-14-11-10-12-15-32)41-37(55-44(2,3)56-41)17-13-16-33-26-35(50-6)27-38(53-29-48-4)39(33)43(47)51-24-25-57(7,8)9/h10-16,19-23,26-27,30,37,40-41H,17-18,24-25,28-29H2,1-9H3/b16-13+,36-23+/t30-,37+,40?,41+/m1/s1. The van der Waals surface area contributed by atoms with E-state index >= 15 is 4.39 Å². The van der Waals surface area contributed by atoms with Crippen molar-refractivity contribution in [3.63, 3.8) is 0 Å². The van der Waals surface area contributed by atoms with E-state index in [9.17, 15) is 9.59 Å². The second kappa shape index (κ2) is 21.3. The van der Waals surface area contributed by atoms with Crippen LogP contribution in [0.1, 0.15) is 65.5 Å². The lowest BCUT2D eigenvalue weighted by atomic mass is 10.0. The lowest BCUT2D eigenvalue weighted by molar-refractivity contribution is -0.154. The molecule has 13 heteroatoms. The van der Waals surface area contributed by atoms with Gasteiger partial charge in [0.15, 0.2) is 18.7 Å². The quantitative estimate of drug-likeness (QED) is 0.0583. The summed E-state index contributed by atoms with van der Waals surface area (Å²) in [6.07, 6.45) is 1.63. The van der Waals surface area contributed by atoms with Crippen LogP contribution >= 0.6 is 0 Å². The van der Waals surface area contributed by atoms with Crippen LogP contribution in [0.2, 0.25) is 25.7 Å². The Kier molecular flexibility index (Phi) is 16.9. The molecule has 3 aromatic carbocycles. The number of benzene rings is 3. The van der Waals surface area contributed by atoms with E-state index in [4.69, 9.17) is 42.6 Å². The average Bonchev–Trinajstić information content (AvgIpc) is 3.50. The van der Waals surface area contributed by atoms with Crippen molar-refractivity contribution in [1.29, 1.82) is 0 Å². The molecule has 310 valence electrons. The number of hydrogen-bond acceptors (Lipinski definition) is 11. The molecule has 57 heavy (non-hydrogen) atoms. The normalized spacial score (nSPS) is 17.9. The van der Waals surface area contributed by atoms with E-state index in [0.717, 1.165) is 17.4 Å². The van der Waals surface area contributed by atoms with E-state index in [1.165, 1.54) is 20.3 Å². The zero-order valence-electron chi connectivity index (χ0n) is 34.5. The topological polar surface area (TPSA) is 117 Å². The number of methoxy groups -OCH3 is 3. The first kappa shape index (κ1) is 45.2. The lowest BCUT2D eigenvalue weighted by Crippen LogP contribution is -2.39. The molecule has 1 aliphatic heterocycles. The van der Waals surface area contributed by atoms with E-state index in [-0.39, 0.29) is 49.2 Å². The maximum Gasteiger partial charge on any atom is 0.342 e. The number of hydrogen-bond donors (Lipinski definition) is 0. The molecule has 1 aliphatic rings. The third-order valence-electron chi connectivity index (χ3n) is 9.00. The summed E-state index contributed by atoms with van der Waals surface area (Å²) in [5.41, 5.74) is 1.87. The number of halogens is 1. The Labute approximate surface area is 337 Å². The molecule has 1 fully saturated rings. The van der Waals surface area contributed by atoms with Crippen LogP contribution < -0.4 is 14.2 Å². The molecule has 1 saturated heterocycles. The van der Waals surface area contributed by atoms with Crippen LogP contribution in [0.5, 0.6) is 17.2 Å². The van der Waals surface area contributed by atoms with Gasteiger partial charge in [-0.2, -0.15) is 0 Å². The van der Waals surface area contributed by atoms with E-state index in [1.54, 1.807) is 75.6 Å². The van der Waals surface area contributed by atoms with Gasteiger partial charge >= 0.3 is 11.9 Å². The summed E-state index contributed by atoms with van der Waals surface area (Å²) in [5, 5.41) is 0. The molecule has 3 aromatic rings. The summed E-state index contributed by atoms with van der Waals surface area (Å²) in [7, 11) is 3.12. The summed E-state index contributed by atoms with van der Waals surface area (Å²) < 4.78 is 68.2. The highest BCUT2D eigenvalue weighted by atomic mass is 28.3. The van der Waals surface area contributed by atoms with Crippen molar-refractivity contribution in [3.8, 4) is 17.2 Å². The van der Waals surface area contributed by atoms with Crippen molar-refractivity contribution >= 4 is 26.1 Å². The van der Waals surface area contributed by atoms with Crippen molar-refractivity contribution in [2.45, 2.75) is 96.1 Å². The van der Waals surface area contributed by atoms with Gasteiger partial charge in [-0.15, -0.1) is 0 Å². The first-order chi connectivity index (χ1) is 27.1. The first-order valence-electron chi connectivity index (χ1n) is 19.0. The number of carbonyl (C=O) groups is 2. The molecular weight excluding hydrogens is 752 g/mol. The third-order valence-corrected chi connectivity index (χ3v) is 10.7. The Balaban J connectivity index is 1.60. The summed E-state index contributed by atoms with van der Waals surface area (Å²) in [4.78, 5) is 27.0. The minimum atomic E-state index is -1.48. The van der Waals surface area contributed by atoms with Crippen molar-refractivity contribution in [1.82, 2.24) is 0 Å². The van der Waals surface area contributed by atoms with Crippen LogP contribution in [0, 0.1) is 0 Å². The molecule has 1 unspecified atom stereocenters. The minimum absolute atomic E-state index is 0.106. The zero-order valence-corrected chi connectivity index (χ0v) is 35.5. The molecule has 0 aliphatic carbocycles. The van der Waals surface area contributed by atoms with Crippen molar-refractivity contribution in [2.75, 3.05) is 34.7 Å². The molecule has 4 rings (SSSR count). The van der Waals surface area contributed by atoms with E-state index < -0.39 is 49.9 Å². The Morgan fingerprint density at radius 1 is 0.930 bits per heavy atom. The van der Waals surface area contributed by atoms with Gasteiger partial charge in [0.25, 0.3) is 0 Å². The predicted molar refractivity (Wildman–Crippen MR) is 218 cm³/mol. The van der Waals surface area contributed by atoms with Gasteiger partial charge in [0, 0.05) is 21.3 Å². The molecule has 0 radical (unpaired) electrons. The van der Waals surface area contributed by atoms with Gasteiger partial charge in [-0.25, -0.2) is 14.0 Å². The summed E-state index contributed by atoms with van der Waals surface area (Å²) >= 11 is 0. The maximum absolute atomic E-state index is 16.4. The molecule has 0 aromatic heterocycles. The molecule has 0 spiro atoms. The Morgan fingerprint density at radius 3 is 2.28 bits per heavy atom. The van der Waals surface area contributed by atoms with Gasteiger partial charge in [-0.1, -0.05) is 62.1 Å². The maximum atomic E-state index is 16.4. The lowest BCUT2D eigenvalue weighted by Gasteiger charge is -2.25. The summed E-state index contributed by atoms with van der Waals surface area (Å²) in [6.45, 7) is 12.4. The van der Waals surface area contributed by atoms with Gasteiger partial charge < -0.3 is 42.6 Å². The highest BCUT2D eigenvalue weighted by Gasteiger charge is 2.47. The number of ether oxygens (including phenoxy) is 9. The highest BCUT2D eigenvalue weighted by Crippen LogP contribution is 2.37. The number of carbonyl (C=O) groups excluding carboxylic acids is 2. The molecule has 0 bridgehead atoms. The average molecular weight is 809 g/mol. The van der Waals surface area contributed by atoms with Gasteiger partial charge in [0.2, 0.25) is 0 Å². The fourth-order valence-corrected chi connectivity index (χ4v) is 6.64. The fourth-order valence-electron chi connectivity index (χ4n) is 5.93. The van der Waals surface area contributed by atoms with Gasteiger partial charge in [0.1, 0.15) is 34.7 Å². The van der Waals surface area contributed by atoms with Crippen LogP contribution in [0.3, 0.4) is 0 Å². The Bertz CT molecular complexity index is 1810. The summed E-state index contributed by atoms with van der Waals surface area (Å²) in [5.74, 6) is -1.69. The highest BCUT2D eigenvalue weighted by molar-refractivity contribution is 6.76. The zero-order chi connectivity index (χ0) is 41.6. The fraction of sp³-hybridized carbons (Fsp3) is 0.455. The minimum Gasteiger partial charge on any atom is -0.497 e. The van der Waals surface area contributed by atoms with E-state index in [2.05, 4.69) is 19.6 Å². The van der Waals surface area contributed by atoms with Crippen LogP contribution in [0.15, 0.2) is 84.7 Å². The number of rotatable bonds is 21. The largest absolute Gasteiger partial charge is 0.497 e. The first-order valence-corrected chi connectivity index (χ1v) is 22.7.